The molecule has 5 rings (SSSR count). The van der Waals surface area contributed by atoms with Crippen molar-refractivity contribution in [2.75, 3.05) is 14.2 Å². The summed E-state index contributed by atoms with van der Waals surface area (Å²) in [6.45, 7) is 17.8. The predicted octanol–water partition coefficient (Wildman–Crippen LogP) is 6.92. The number of nitrogens with zero attached hydrogens (tertiary/aromatic N) is 1. The van der Waals surface area contributed by atoms with Crippen LogP contribution in [0.25, 0.3) is 0 Å². The third-order valence-corrected chi connectivity index (χ3v) is 13.9. The number of rotatable bonds is 3. The summed E-state index contributed by atoms with van der Waals surface area (Å²) in [6, 6.07) is 0. The van der Waals surface area contributed by atoms with Gasteiger partial charge in [-0.15, -0.1) is 0 Å². The Hall–Kier alpha value is -1.69. The standard InChI is InChI=1S/C34H53NO5/c1-21(36)40-26-12-13-32(6)25(29(26,2)3)11-14-34(8)27(32)24(37)19-22-23-20-31(5,28(38)35(9)39-10)16-15-30(23,4)17-18-33(22,34)7/h19,23,25-27H,11-18,20H2,1-10H3/t23-,25?,26-,27-,30-,31+,32+,33-,34-/m1/s1. The normalized spacial score (nSPS) is 47.5. The summed E-state index contributed by atoms with van der Waals surface area (Å²) in [6.07, 6.45) is 10.6. The first-order chi connectivity index (χ1) is 18.4. The fourth-order valence-electron chi connectivity index (χ4n) is 11.2. The van der Waals surface area contributed by atoms with Crippen LogP contribution in [-0.2, 0) is 24.0 Å². The molecule has 0 spiro atoms. The summed E-state index contributed by atoms with van der Waals surface area (Å²) in [4.78, 5) is 45.3. The predicted molar refractivity (Wildman–Crippen MR) is 155 cm³/mol. The van der Waals surface area contributed by atoms with Gasteiger partial charge in [-0.2, -0.15) is 0 Å². The van der Waals surface area contributed by atoms with Crippen LogP contribution in [0, 0.1) is 50.2 Å². The maximum Gasteiger partial charge on any atom is 0.302 e. The zero-order valence-electron chi connectivity index (χ0n) is 26.7. The summed E-state index contributed by atoms with van der Waals surface area (Å²) < 4.78 is 5.85. The minimum atomic E-state index is -0.502. The Kier molecular flexibility index (Phi) is 6.82. The molecule has 4 fully saturated rings. The number of fused-ring (bicyclic) bond motifs is 7. The molecular formula is C34H53NO5. The first kappa shape index (κ1) is 29.8. The molecule has 4 saturated carbocycles. The second-order valence-electron chi connectivity index (χ2n) is 16.2. The first-order valence-corrected chi connectivity index (χ1v) is 15.7. The summed E-state index contributed by atoms with van der Waals surface area (Å²) in [5.41, 5.74) is 0.354. The highest BCUT2D eigenvalue weighted by Crippen LogP contribution is 2.75. The topological polar surface area (TPSA) is 72.9 Å². The lowest BCUT2D eigenvalue weighted by molar-refractivity contribution is -0.211. The van der Waals surface area contributed by atoms with Gasteiger partial charge in [0.1, 0.15) is 6.10 Å². The van der Waals surface area contributed by atoms with Crippen LogP contribution in [0.15, 0.2) is 11.6 Å². The van der Waals surface area contributed by atoms with E-state index in [4.69, 9.17) is 9.57 Å². The van der Waals surface area contributed by atoms with Gasteiger partial charge < -0.3 is 4.74 Å². The molecule has 0 N–H and O–H groups in total. The second kappa shape index (κ2) is 9.15. The number of ether oxygens (including phenoxy) is 1. The Bertz CT molecular complexity index is 1140. The average Bonchev–Trinajstić information content (AvgIpc) is 2.87. The Labute approximate surface area is 241 Å². The van der Waals surface area contributed by atoms with E-state index in [0.29, 0.717) is 11.7 Å². The van der Waals surface area contributed by atoms with E-state index < -0.39 is 5.41 Å². The van der Waals surface area contributed by atoms with Crippen molar-refractivity contribution >= 4 is 17.7 Å². The number of hydrogen-bond donors (Lipinski definition) is 0. The van der Waals surface area contributed by atoms with Gasteiger partial charge in [0.2, 0.25) is 0 Å². The number of allylic oxidation sites excluding steroid dienone is 2. The lowest BCUT2D eigenvalue weighted by Gasteiger charge is -2.70. The Balaban J connectivity index is 1.55. The molecule has 0 aromatic carbocycles. The lowest BCUT2D eigenvalue weighted by atomic mass is 9.33. The van der Waals surface area contributed by atoms with Crippen molar-refractivity contribution in [3.05, 3.63) is 11.6 Å². The van der Waals surface area contributed by atoms with Crippen molar-refractivity contribution in [2.45, 2.75) is 119 Å². The molecule has 9 atom stereocenters. The van der Waals surface area contributed by atoms with E-state index in [1.165, 1.54) is 17.6 Å². The number of esters is 1. The van der Waals surface area contributed by atoms with Crippen molar-refractivity contribution in [3.63, 3.8) is 0 Å². The van der Waals surface area contributed by atoms with Crippen molar-refractivity contribution in [3.8, 4) is 0 Å². The zero-order chi connectivity index (χ0) is 29.7. The molecule has 40 heavy (non-hydrogen) atoms. The lowest BCUT2D eigenvalue weighted by Crippen LogP contribution is -2.66. The Morgan fingerprint density at radius 3 is 2.20 bits per heavy atom. The van der Waals surface area contributed by atoms with Gasteiger partial charge in [-0.3, -0.25) is 19.2 Å². The molecule has 1 unspecified atom stereocenters. The van der Waals surface area contributed by atoms with E-state index in [1.807, 2.05) is 0 Å². The van der Waals surface area contributed by atoms with E-state index >= 15 is 0 Å². The van der Waals surface area contributed by atoms with E-state index in [-0.39, 0.29) is 56.9 Å². The van der Waals surface area contributed by atoms with E-state index in [1.54, 1.807) is 14.2 Å². The molecular weight excluding hydrogens is 502 g/mol. The number of amides is 1. The maximum absolute atomic E-state index is 14.5. The number of carbonyl (C=O) groups is 3. The second-order valence-corrected chi connectivity index (χ2v) is 16.2. The average molecular weight is 556 g/mol. The number of carbonyl (C=O) groups excluding carboxylic acids is 3. The highest BCUT2D eigenvalue weighted by molar-refractivity contribution is 5.95. The highest BCUT2D eigenvalue weighted by atomic mass is 16.7. The third-order valence-electron chi connectivity index (χ3n) is 13.9. The Morgan fingerprint density at radius 1 is 0.925 bits per heavy atom. The molecule has 0 radical (unpaired) electrons. The van der Waals surface area contributed by atoms with Gasteiger partial charge in [0.05, 0.1) is 7.11 Å². The smallest absolute Gasteiger partial charge is 0.302 e. The maximum atomic E-state index is 14.5. The molecule has 0 heterocycles. The monoisotopic (exact) mass is 555 g/mol. The zero-order valence-corrected chi connectivity index (χ0v) is 26.7. The van der Waals surface area contributed by atoms with Crippen LogP contribution >= 0.6 is 0 Å². The van der Waals surface area contributed by atoms with Gasteiger partial charge in [0, 0.05) is 30.7 Å². The quantitative estimate of drug-likeness (QED) is 0.279. The van der Waals surface area contributed by atoms with Crippen molar-refractivity contribution in [2.24, 2.45) is 50.2 Å². The van der Waals surface area contributed by atoms with Crippen LogP contribution in [0.4, 0.5) is 0 Å². The number of hydrogen-bond acceptors (Lipinski definition) is 5. The molecule has 6 nitrogen and oxygen atoms in total. The summed E-state index contributed by atoms with van der Waals surface area (Å²) >= 11 is 0. The SMILES string of the molecule is CON(C)C(=O)[C@@]1(C)CC[C@]2(C)CC[C@]3(C)C(=CC(=O)[C@@H]4[C@@]5(C)CC[C@@H](OC(C)=O)C(C)(C)C5CC[C@]43C)[C@H]2C1. The van der Waals surface area contributed by atoms with E-state index in [9.17, 15) is 14.4 Å². The first-order valence-electron chi connectivity index (χ1n) is 15.7. The van der Waals surface area contributed by atoms with Gasteiger partial charge in [-0.05, 0) is 97.4 Å². The Morgan fingerprint density at radius 2 is 1.57 bits per heavy atom. The van der Waals surface area contributed by atoms with Crippen LogP contribution in [0.2, 0.25) is 0 Å². The van der Waals surface area contributed by atoms with Crippen LogP contribution in [-0.4, -0.2) is 43.0 Å². The molecule has 5 aliphatic rings. The molecule has 0 aliphatic heterocycles. The van der Waals surface area contributed by atoms with Gasteiger partial charge >= 0.3 is 5.97 Å². The molecule has 1 amide bonds. The highest BCUT2D eigenvalue weighted by Gasteiger charge is 2.70. The van der Waals surface area contributed by atoms with Crippen molar-refractivity contribution in [1.82, 2.24) is 5.06 Å². The molecule has 0 aromatic heterocycles. The van der Waals surface area contributed by atoms with Gasteiger partial charge in [-0.1, -0.05) is 54.0 Å². The third kappa shape index (κ3) is 3.86. The number of ketones is 1. The van der Waals surface area contributed by atoms with E-state index in [0.717, 1.165) is 57.8 Å². The minimum Gasteiger partial charge on any atom is -0.462 e. The van der Waals surface area contributed by atoms with Gasteiger partial charge in [-0.25, -0.2) is 5.06 Å². The van der Waals surface area contributed by atoms with Crippen LogP contribution in [0.5, 0.6) is 0 Å². The van der Waals surface area contributed by atoms with Gasteiger partial charge in [0.15, 0.2) is 5.78 Å². The number of hydroxylamine groups is 2. The largest absolute Gasteiger partial charge is 0.462 e. The van der Waals surface area contributed by atoms with Crippen molar-refractivity contribution in [1.29, 1.82) is 0 Å². The molecule has 6 heteroatoms. The van der Waals surface area contributed by atoms with Crippen LogP contribution in [0.1, 0.15) is 113 Å². The molecule has 0 bridgehead atoms. The van der Waals surface area contributed by atoms with E-state index in [2.05, 4.69) is 54.5 Å². The molecule has 0 aromatic rings. The van der Waals surface area contributed by atoms with Gasteiger partial charge in [0.25, 0.3) is 5.91 Å². The summed E-state index contributed by atoms with van der Waals surface area (Å²) in [5, 5.41) is 1.39. The molecule has 0 saturated heterocycles. The molecule has 224 valence electrons. The molecule has 5 aliphatic carbocycles. The summed E-state index contributed by atoms with van der Waals surface area (Å²) in [5.74, 6) is 0.591. The fraction of sp³-hybridized carbons (Fsp3) is 0.853. The van der Waals surface area contributed by atoms with Crippen molar-refractivity contribution < 1.29 is 24.0 Å². The minimum absolute atomic E-state index is 0.0379. The van der Waals surface area contributed by atoms with Crippen LogP contribution < -0.4 is 0 Å². The fourth-order valence-corrected chi connectivity index (χ4v) is 11.2. The van der Waals surface area contributed by atoms with Crippen LogP contribution in [0.3, 0.4) is 0 Å². The summed E-state index contributed by atoms with van der Waals surface area (Å²) in [7, 11) is 3.26.